The van der Waals surface area contributed by atoms with Crippen molar-refractivity contribution in [2.45, 2.75) is 51.8 Å². The second-order valence-corrected chi connectivity index (χ2v) is 8.04. The van der Waals surface area contributed by atoms with E-state index in [-0.39, 0.29) is 19.1 Å². The number of esters is 1. The topological polar surface area (TPSA) is 61.8 Å². The first-order valence-corrected chi connectivity index (χ1v) is 10.4. The van der Waals surface area contributed by atoms with Crippen LogP contribution in [0.4, 0.5) is 0 Å². The predicted octanol–water partition coefficient (Wildman–Crippen LogP) is 5.02. The van der Waals surface area contributed by atoms with Crippen molar-refractivity contribution in [2.24, 2.45) is 5.92 Å². The van der Waals surface area contributed by atoms with Gasteiger partial charge in [0.05, 0.1) is 18.8 Å². The molecule has 0 spiro atoms. The van der Waals surface area contributed by atoms with Crippen LogP contribution in [0.15, 0.2) is 30.3 Å². The summed E-state index contributed by atoms with van der Waals surface area (Å²) >= 11 is 0. The number of hydrogen-bond acceptors (Lipinski definition) is 5. The Balaban J connectivity index is 2.24. The second-order valence-electron chi connectivity index (χ2n) is 5.94. The Kier molecular flexibility index (Phi) is 7.47. The van der Waals surface area contributed by atoms with Gasteiger partial charge in [0.15, 0.2) is 0 Å². The lowest BCUT2D eigenvalue weighted by Crippen LogP contribution is -2.30. The maximum Gasteiger partial charge on any atom is 0.371 e. The highest BCUT2D eigenvalue weighted by atomic mass is 31.2. The van der Waals surface area contributed by atoms with Crippen molar-refractivity contribution >= 4 is 13.6 Å². The van der Waals surface area contributed by atoms with Gasteiger partial charge >= 0.3 is 13.6 Å². The van der Waals surface area contributed by atoms with Crippen molar-refractivity contribution in [2.75, 3.05) is 13.2 Å². The predicted molar refractivity (Wildman–Crippen MR) is 93.1 cm³/mol. The number of ether oxygens (including phenoxy) is 1. The third-order valence-corrected chi connectivity index (χ3v) is 6.61. The fraction of sp³-hybridized carbons (Fsp3) is 0.611. The van der Waals surface area contributed by atoms with Crippen LogP contribution in [0, 0.1) is 5.92 Å². The van der Waals surface area contributed by atoms with E-state index in [1.807, 2.05) is 6.07 Å². The third-order valence-electron chi connectivity index (χ3n) is 4.22. The SMILES string of the molecule is CCOP(=O)(OCC)[C@@H](OC(=O)c1ccccc1)C1CCCCC1. The lowest BCUT2D eigenvalue weighted by molar-refractivity contribution is 0.0197. The molecule has 0 unspecified atom stereocenters. The Morgan fingerprint density at radius 3 is 2.21 bits per heavy atom. The molecule has 6 heteroatoms. The molecule has 1 aliphatic carbocycles. The monoisotopic (exact) mass is 354 g/mol. The molecule has 1 saturated carbocycles. The molecule has 0 N–H and O–H groups in total. The maximum absolute atomic E-state index is 13.3. The molecular weight excluding hydrogens is 327 g/mol. The van der Waals surface area contributed by atoms with Crippen LogP contribution < -0.4 is 0 Å². The van der Waals surface area contributed by atoms with Gasteiger partial charge in [0.2, 0.25) is 5.85 Å². The fourth-order valence-corrected chi connectivity index (χ4v) is 5.26. The molecule has 0 amide bonds. The van der Waals surface area contributed by atoms with E-state index < -0.39 is 19.4 Å². The summed E-state index contributed by atoms with van der Waals surface area (Å²) in [7, 11) is -3.52. The maximum atomic E-state index is 13.3. The lowest BCUT2D eigenvalue weighted by Gasteiger charge is -2.33. The van der Waals surface area contributed by atoms with Gasteiger partial charge in [-0.3, -0.25) is 4.57 Å². The summed E-state index contributed by atoms with van der Waals surface area (Å²) in [5.41, 5.74) is 0.442. The zero-order valence-corrected chi connectivity index (χ0v) is 15.4. The molecule has 1 aromatic rings. The molecular formula is C18H27O5P. The molecule has 24 heavy (non-hydrogen) atoms. The van der Waals surface area contributed by atoms with Gasteiger partial charge in [-0.1, -0.05) is 37.5 Å². The highest BCUT2D eigenvalue weighted by Crippen LogP contribution is 2.58. The molecule has 1 fully saturated rings. The smallest absolute Gasteiger partial charge is 0.371 e. The third kappa shape index (κ3) is 4.92. The first-order valence-electron chi connectivity index (χ1n) is 8.75. The van der Waals surface area contributed by atoms with E-state index in [1.165, 1.54) is 0 Å². The van der Waals surface area contributed by atoms with Gasteiger partial charge in [-0.25, -0.2) is 4.79 Å². The number of carbonyl (C=O) groups excluding carboxylic acids is 1. The minimum absolute atomic E-state index is 0.00958. The van der Waals surface area contributed by atoms with Crippen molar-refractivity contribution in [1.29, 1.82) is 0 Å². The van der Waals surface area contributed by atoms with Crippen molar-refractivity contribution in [3.8, 4) is 0 Å². The molecule has 0 heterocycles. The molecule has 0 aromatic heterocycles. The summed E-state index contributed by atoms with van der Waals surface area (Å²) in [5, 5.41) is 0. The minimum Gasteiger partial charge on any atom is -0.445 e. The van der Waals surface area contributed by atoms with Crippen LogP contribution in [0.25, 0.3) is 0 Å². The van der Waals surface area contributed by atoms with Crippen molar-refractivity contribution in [3.05, 3.63) is 35.9 Å². The quantitative estimate of drug-likeness (QED) is 0.485. The van der Waals surface area contributed by atoms with Gasteiger partial charge in [0.25, 0.3) is 0 Å². The van der Waals surface area contributed by atoms with E-state index >= 15 is 0 Å². The summed E-state index contributed by atoms with van der Waals surface area (Å²) in [6, 6.07) is 8.76. The van der Waals surface area contributed by atoms with Gasteiger partial charge in [0, 0.05) is 5.92 Å². The average molecular weight is 354 g/mol. The summed E-state index contributed by atoms with van der Waals surface area (Å²) in [6.07, 6.45) is 4.99. The summed E-state index contributed by atoms with van der Waals surface area (Å²) < 4.78 is 29.9. The summed E-state index contributed by atoms with van der Waals surface area (Å²) in [6.45, 7) is 4.04. The Morgan fingerprint density at radius 2 is 1.67 bits per heavy atom. The van der Waals surface area contributed by atoms with Gasteiger partial charge in [-0.15, -0.1) is 0 Å². The van der Waals surface area contributed by atoms with E-state index in [4.69, 9.17) is 13.8 Å². The van der Waals surface area contributed by atoms with E-state index in [2.05, 4.69) is 0 Å². The number of carbonyl (C=O) groups is 1. The van der Waals surface area contributed by atoms with Crippen molar-refractivity contribution in [1.82, 2.24) is 0 Å². The van der Waals surface area contributed by atoms with E-state index in [1.54, 1.807) is 38.1 Å². The van der Waals surface area contributed by atoms with Crippen LogP contribution in [-0.4, -0.2) is 25.0 Å². The molecule has 0 saturated heterocycles. The van der Waals surface area contributed by atoms with Crippen LogP contribution in [0.5, 0.6) is 0 Å². The Morgan fingerprint density at radius 1 is 1.08 bits per heavy atom. The van der Waals surface area contributed by atoms with E-state index in [9.17, 15) is 9.36 Å². The van der Waals surface area contributed by atoms with Gasteiger partial charge in [0.1, 0.15) is 0 Å². The number of benzene rings is 1. The van der Waals surface area contributed by atoms with Crippen LogP contribution in [0.1, 0.15) is 56.3 Å². The first-order chi connectivity index (χ1) is 11.6. The van der Waals surface area contributed by atoms with Gasteiger partial charge in [-0.2, -0.15) is 0 Å². The van der Waals surface area contributed by atoms with Crippen LogP contribution in [-0.2, 0) is 18.3 Å². The molecule has 1 atom stereocenters. The zero-order chi connectivity index (χ0) is 17.4. The Labute approximate surface area is 144 Å². The Hall–Kier alpha value is -1.16. The largest absolute Gasteiger partial charge is 0.445 e. The number of hydrogen-bond donors (Lipinski definition) is 0. The van der Waals surface area contributed by atoms with Gasteiger partial charge < -0.3 is 13.8 Å². The summed E-state index contributed by atoms with van der Waals surface area (Å²) in [4.78, 5) is 12.5. The molecule has 0 radical (unpaired) electrons. The Bertz CT molecular complexity index is 544. The van der Waals surface area contributed by atoms with Crippen LogP contribution >= 0.6 is 7.60 Å². The highest BCUT2D eigenvalue weighted by molar-refractivity contribution is 7.54. The first kappa shape index (κ1) is 19.2. The van der Waals surface area contributed by atoms with E-state index in [0.29, 0.717) is 5.56 Å². The van der Waals surface area contributed by atoms with Gasteiger partial charge in [-0.05, 0) is 38.8 Å². The molecule has 134 valence electrons. The minimum atomic E-state index is -3.52. The standard InChI is InChI=1S/C18H27O5P/c1-3-21-24(20,22-4-2)18(16-13-9-6-10-14-16)23-17(19)15-11-7-5-8-12-15/h5,7-8,11-12,16,18H,3-4,6,9-10,13-14H2,1-2H3/t18-/m1/s1. The zero-order valence-electron chi connectivity index (χ0n) is 14.5. The van der Waals surface area contributed by atoms with E-state index in [0.717, 1.165) is 32.1 Å². The van der Waals surface area contributed by atoms with Crippen molar-refractivity contribution in [3.63, 3.8) is 0 Å². The van der Waals surface area contributed by atoms with Crippen LogP contribution in [0.2, 0.25) is 0 Å². The molecule has 5 nitrogen and oxygen atoms in total. The highest BCUT2D eigenvalue weighted by Gasteiger charge is 2.44. The molecule has 1 aliphatic rings. The normalized spacial score (nSPS) is 17.4. The lowest BCUT2D eigenvalue weighted by atomic mass is 9.90. The molecule has 2 rings (SSSR count). The van der Waals surface area contributed by atoms with Crippen molar-refractivity contribution < 1.29 is 23.1 Å². The van der Waals surface area contributed by atoms with Crippen LogP contribution in [0.3, 0.4) is 0 Å². The molecule has 0 bridgehead atoms. The fourth-order valence-electron chi connectivity index (χ4n) is 3.13. The summed E-state index contributed by atoms with van der Waals surface area (Å²) in [5.74, 6) is -1.31. The molecule has 0 aliphatic heterocycles. The number of rotatable bonds is 8. The average Bonchev–Trinajstić information content (AvgIpc) is 2.61. The second kappa shape index (κ2) is 9.36. The molecule has 1 aromatic carbocycles.